The highest BCUT2D eigenvalue weighted by Gasteiger charge is 2.12. The Bertz CT molecular complexity index is 820. The summed E-state index contributed by atoms with van der Waals surface area (Å²) in [5.41, 5.74) is 2.36. The second kappa shape index (κ2) is 3.50. The summed E-state index contributed by atoms with van der Waals surface area (Å²) in [5.74, 6) is 0.383. The molecule has 4 rings (SSSR count). The predicted molar refractivity (Wildman–Crippen MR) is 63.8 cm³/mol. The number of hydrogen-bond donors (Lipinski definition) is 0. The van der Waals surface area contributed by atoms with Gasteiger partial charge in [0.25, 0.3) is 0 Å². The van der Waals surface area contributed by atoms with Gasteiger partial charge in [0.15, 0.2) is 10.4 Å². The lowest BCUT2D eigenvalue weighted by atomic mass is 10.4. The summed E-state index contributed by atoms with van der Waals surface area (Å²) in [6.07, 6.45) is 4.83. The molecule has 0 amide bonds. The van der Waals surface area contributed by atoms with Crippen LogP contribution in [-0.4, -0.2) is 29.5 Å². The summed E-state index contributed by atoms with van der Waals surface area (Å²) >= 11 is 1.28. The zero-order valence-electron chi connectivity index (χ0n) is 8.81. The first-order chi connectivity index (χ1) is 8.90. The largest absolute Gasteiger partial charge is 0.433 e. The lowest BCUT2D eigenvalue weighted by molar-refractivity contribution is 0.616. The van der Waals surface area contributed by atoms with Crippen molar-refractivity contribution in [1.82, 2.24) is 29.5 Å². The highest BCUT2D eigenvalue weighted by Crippen LogP contribution is 2.22. The Morgan fingerprint density at radius 3 is 3.11 bits per heavy atom. The quantitative estimate of drug-likeness (QED) is 0.511. The molecular formula is C10H4N6OS. The van der Waals surface area contributed by atoms with Crippen LogP contribution in [0.3, 0.4) is 0 Å². The van der Waals surface area contributed by atoms with Gasteiger partial charge in [0.05, 0.1) is 18.6 Å². The fourth-order valence-corrected chi connectivity index (χ4v) is 2.16. The molecule has 0 spiro atoms. The summed E-state index contributed by atoms with van der Waals surface area (Å²) < 4.78 is 9.57. The summed E-state index contributed by atoms with van der Waals surface area (Å²) in [6.45, 7) is 0. The van der Waals surface area contributed by atoms with E-state index in [2.05, 4.69) is 29.5 Å². The first-order valence-electron chi connectivity index (χ1n) is 5.06. The average molecular weight is 256 g/mol. The van der Waals surface area contributed by atoms with Gasteiger partial charge in [-0.05, 0) is 11.5 Å². The van der Waals surface area contributed by atoms with Crippen molar-refractivity contribution in [2.75, 3.05) is 0 Å². The molecule has 4 aromatic heterocycles. The van der Waals surface area contributed by atoms with E-state index in [4.69, 9.17) is 4.42 Å². The normalized spacial score (nSPS) is 11.3. The first kappa shape index (κ1) is 9.54. The van der Waals surface area contributed by atoms with Crippen molar-refractivity contribution in [2.45, 2.75) is 0 Å². The molecule has 0 unspecified atom stereocenters. The monoisotopic (exact) mass is 256 g/mol. The third-order valence-electron chi connectivity index (χ3n) is 2.38. The molecule has 0 aliphatic rings. The van der Waals surface area contributed by atoms with Gasteiger partial charge in [-0.25, -0.2) is 9.97 Å². The Kier molecular flexibility index (Phi) is 1.86. The van der Waals surface area contributed by atoms with Gasteiger partial charge in [-0.2, -0.15) is 14.5 Å². The molecule has 0 aliphatic heterocycles. The third kappa shape index (κ3) is 1.36. The van der Waals surface area contributed by atoms with Gasteiger partial charge in [-0.15, -0.1) is 5.10 Å². The maximum absolute atomic E-state index is 5.55. The second-order valence-corrected chi connectivity index (χ2v) is 4.29. The van der Waals surface area contributed by atoms with Gasteiger partial charge in [0.2, 0.25) is 11.5 Å². The average Bonchev–Trinajstić information content (AvgIpc) is 3.04. The van der Waals surface area contributed by atoms with Crippen LogP contribution in [0.4, 0.5) is 0 Å². The smallest absolute Gasteiger partial charge is 0.249 e. The van der Waals surface area contributed by atoms with Gasteiger partial charge >= 0.3 is 0 Å². The van der Waals surface area contributed by atoms with Crippen molar-refractivity contribution in [2.24, 2.45) is 0 Å². The van der Waals surface area contributed by atoms with E-state index in [1.807, 2.05) is 0 Å². The van der Waals surface area contributed by atoms with Crippen LogP contribution < -0.4 is 0 Å². The van der Waals surface area contributed by atoms with Gasteiger partial charge in [-0.1, -0.05) is 0 Å². The second-order valence-electron chi connectivity index (χ2n) is 3.51. The van der Waals surface area contributed by atoms with E-state index in [-0.39, 0.29) is 0 Å². The lowest BCUT2D eigenvalue weighted by Crippen LogP contribution is -1.85. The maximum Gasteiger partial charge on any atom is 0.249 e. The fourth-order valence-electron chi connectivity index (χ4n) is 1.57. The molecule has 18 heavy (non-hydrogen) atoms. The van der Waals surface area contributed by atoms with Crippen LogP contribution in [-0.2, 0) is 0 Å². The van der Waals surface area contributed by atoms with Crippen molar-refractivity contribution in [3.8, 4) is 11.6 Å². The van der Waals surface area contributed by atoms with Crippen LogP contribution in [0.25, 0.3) is 33.2 Å². The molecule has 0 saturated heterocycles. The number of oxazole rings is 1. The minimum Gasteiger partial charge on any atom is -0.433 e. The first-order valence-corrected chi connectivity index (χ1v) is 5.83. The molecule has 0 fully saturated rings. The van der Waals surface area contributed by atoms with Crippen LogP contribution >= 0.6 is 11.5 Å². The molecule has 0 aromatic carbocycles. The highest BCUT2D eigenvalue weighted by molar-refractivity contribution is 7.12. The van der Waals surface area contributed by atoms with Crippen molar-refractivity contribution >= 4 is 33.1 Å². The fraction of sp³-hybridized carbons (Fsp3) is 0. The van der Waals surface area contributed by atoms with Crippen LogP contribution in [0.15, 0.2) is 29.1 Å². The number of nitrogens with zero attached hydrogens (tertiary/aromatic N) is 6. The zero-order chi connectivity index (χ0) is 11.9. The van der Waals surface area contributed by atoms with Crippen LogP contribution in [0.1, 0.15) is 0 Å². The van der Waals surface area contributed by atoms with E-state index in [9.17, 15) is 0 Å². The van der Waals surface area contributed by atoms with Crippen LogP contribution in [0.5, 0.6) is 0 Å². The molecule has 0 N–H and O–H groups in total. The molecule has 0 bridgehead atoms. The molecule has 86 valence electrons. The molecule has 0 radical (unpaired) electrons. The van der Waals surface area contributed by atoms with E-state index in [0.717, 1.165) is 10.3 Å². The van der Waals surface area contributed by atoms with Gasteiger partial charge < -0.3 is 4.42 Å². The molecule has 8 heteroatoms. The molecule has 0 atom stereocenters. The van der Waals surface area contributed by atoms with E-state index in [1.165, 1.54) is 11.5 Å². The molecule has 7 nitrogen and oxygen atoms in total. The Labute approximate surface area is 104 Å². The number of rotatable bonds is 1. The van der Waals surface area contributed by atoms with Crippen molar-refractivity contribution in [1.29, 1.82) is 0 Å². The number of hydrogen-bond acceptors (Lipinski definition) is 8. The van der Waals surface area contributed by atoms with Crippen molar-refractivity contribution in [3.63, 3.8) is 0 Å². The van der Waals surface area contributed by atoms with E-state index in [0.29, 0.717) is 22.8 Å². The van der Waals surface area contributed by atoms with E-state index in [1.54, 1.807) is 24.7 Å². The standard InChI is InChI=1S/C10H4N6OS/c1-2-12-16-8-7(1)17-9(15-8)5-3-11-6-4-13-18-10(6)14-5/h1-4H. The maximum atomic E-state index is 5.55. The van der Waals surface area contributed by atoms with Crippen LogP contribution in [0, 0.1) is 0 Å². The minimum atomic E-state index is 0.383. The van der Waals surface area contributed by atoms with Gasteiger partial charge in [0.1, 0.15) is 11.2 Å². The summed E-state index contributed by atoms with van der Waals surface area (Å²) in [5, 5.41) is 7.61. The summed E-state index contributed by atoms with van der Waals surface area (Å²) in [6, 6.07) is 1.71. The Hall–Kier alpha value is -2.48. The zero-order valence-corrected chi connectivity index (χ0v) is 9.63. The molecular weight excluding hydrogens is 252 g/mol. The number of aromatic nitrogens is 6. The summed E-state index contributed by atoms with van der Waals surface area (Å²) in [7, 11) is 0. The lowest BCUT2D eigenvalue weighted by Gasteiger charge is -1.92. The third-order valence-corrected chi connectivity index (χ3v) is 3.06. The predicted octanol–water partition coefficient (Wildman–Crippen LogP) is 1.68. The molecule has 4 heterocycles. The molecule has 0 saturated carbocycles. The van der Waals surface area contributed by atoms with Crippen molar-refractivity contribution in [3.05, 3.63) is 24.7 Å². The SMILES string of the molecule is c1cc2oc(-c3cnc4cnsc4n3)nc2nn1. The van der Waals surface area contributed by atoms with Gasteiger partial charge in [-0.3, -0.25) is 0 Å². The highest BCUT2D eigenvalue weighted by atomic mass is 32.1. The number of fused-ring (bicyclic) bond motifs is 2. The van der Waals surface area contributed by atoms with E-state index >= 15 is 0 Å². The van der Waals surface area contributed by atoms with E-state index < -0.39 is 0 Å². The summed E-state index contributed by atoms with van der Waals surface area (Å²) in [4.78, 5) is 13.6. The molecule has 0 aliphatic carbocycles. The Balaban J connectivity index is 1.94. The topological polar surface area (TPSA) is 90.5 Å². The Morgan fingerprint density at radius 2 is 2.17 bits per heavy atom. The van der Waals surface area contributed by atoms with Crippen molar-refractivity contribution < 1.29 is 4.42 Å². The minimum absolute atomic E-state index is 0.383. The van der Waals surface area contributed by atoms with Gasteiger partial charge in [0, 0.05) is 6.07 Å². The van der Waals surface area contributed by atoms with Crippen LogP contribution in [0.2, 0.25) is 0 Å². The molecule has 4 aromatic rings. The Morgan fingerprint density at radius 1 is 1.17 bits per heavy atom.